The molecule has 0 bridgehead atoms. The topological polar surface area (TPSA) is 506 Å². The van der Waals surface area contributed by atoms with E-state index in [1.54, 1.807) is 105 Å². The van der Waals surface area contributed by atoms with Crippen molar-refractivity contribution in [3.8, 4) is 5.75 Å². The van der Waals surface area contributed by atoms with E-state index in [1.807, 2.05) is 27.7 Å². The van der Waals surface area contributed by atoms with Crippen molar-refractivity contribution in [1.82, 2.24) is 73.0 Å². The molecule has 0 saturated carbocycles. The highest BCUT2D eigenvalue weighted by Crippen LogP contribution is 2.24. The zero-order chi connectivity index (χ0) is 80.1. The number of carboxylic acids is 1. The number of unbranched alkanes of at least 4 members (excludes halogenated alkanes) is 1. The lowest BCUT2D eigenvalue weighted by molar-refractivity contribution is -0.143. The van der Waals surface area contributed by atoms with Gasteiger partial charge in [0.25, 0.3) is 0 Å². The van der Waals surface area contributed by atoms with Crippen LogP contribution in [0.25, 0.3) is 10.9 Å². The van der Waals surface area contributed by atoms with Crippen LogP contribution in [-0.4, -0.2) is 210 Å². The van der Waals surface area contributed by atoms with Gasteiger partial charge in [-0.2, -0.15) is 0 Å². The molecule has 1 saturated heterocycles. The van der Waals surface area contributed by atoms with Gasteiger partial charge < -0.3 is 99.9 Å². The average Bonchev–Trinajstić information content (AvgIpc) is 1.62. The van der Waals surface area contributed by atoms with Crippen LogP contribution < -0.4 is 64.6 Å². The monoisotopic (exact) mass is 1520 g/mol. The maximum Gasteiger partial charge on any atom is 0.326 e. The van der Waals surface area contributed by atoms with Crippen LogP contribution >= 0.6 is 0 Å². The molecule has 0 unspecified atom stereocenters. The Kier molecular flexibility index (Phi) is 33.4. The minimum absolute atomic E-state index is 0.0346. The number of hydrogen-bond donors (Lipinski definition) is 18. The summed E-state index contributed by atoms with van der Waals surface area (Å²) in [6, 6.07) is 13.3. The molecule has 6 aromatic rings. The molecule has 32 nitrogen and oxygen atoms in total. The summed E-state index contributed by atoms with van der Waals surface area (Å²) in [5.41, 5.74) is 15.2. The normalized spacial score (nSPS) is 15.8. The number of phenols is 1. The predicted molar refractivity (Wildman–Crippen MR) is 407 cm³/mol. The quantitative estimate of drug-likeness (QED) is 0.0228. The molecular formula is C78H106N16O16. The van der Waals surface area contributed by atoms with Gasteiger partial charge in [-0.1, -0.05) is 133 Å². The lowest BCUT2D eigenvalue weighted by Gasteiger charge is -2.33. The van der Waals surface area contributed by atoms with E-state index in [0.717, 1.165) is 0 Å². The molecule has 0 radical (unpaired) electrons. The highest BCUT2D eigenvalue weighted by Gasteiger charge is 2.42. The number of carboxylic acid groups (broad SMARTS) is 1. The molecule has 110 heavy (non-hydrogen) atoms. The number of aliphatic hydroxyl groups is 2. The van der Waals surface area contributed by atoms with Gasteiger partial charge in [0.1, 0.15) is 72.2 Å². The first-order valence-electron chi connectivity index (χ1n) is 37.2. The van der Waals surface area contributed by atoms with Crippen molar-refractivity contribution in [2.75, 3.05) is 26.3 Å². The Morgan fingerprint density at radius 1 is 0.509 bits per heavy atom. The zero-order valence-corrected chi connectivity index (χ0v) is 62.8. The number of aliphatic carboxylic acids is 1. The van der Waals surface area contributed by atoms with Crippen molar-refractivity contribution >= 4 is 81.9 Å². The summed E-state index contributed by atoms with van der Waals surface area (Å²) in [5.74, 6) is -11.7. The van der Waals surface area contributed by atoms with Crippen molar-refractivity contribution in [2.45, 2.75) is 191 Å². The third-order valence-corrected chi connectivity index (χ3v) is 18.8. The molecule has 2 aromatic heterocycles. The van der Waals surface area contributed by atoms with Gasteiger partial charge in [0.05, 0.1) is 25.6 Å². The number of aromatic amines is 2. The van der Waals surface area contributed by atoms with Gasteiger partial charge in [0.2, 0.25) is 65.0 Å². The predicted octanol–water partition coefficient (Wildman–Crippen LogP) is 0.223. The van der Waals surface area contributed by atoms with Crippen LogP contribution in [0, 0.1) is 17.8 Å². The number of nitrogens with one attached hydrogen (secondary N) is 12. The Hall–Kier alpha value is -11.1. The molecule has 7 rings (SSSR count). The first kappa shape index (κ1) is 86.2. The number of aliphatic hydroxyl groups excluding tert-OH is 2. The lowest BCUT2D eigenvalue weighted by atomic mass is 9.97. The summed E-state index contributed by atoms with van der Waals surface area (Å²) in [7, 11) is 0. The fraction of sp³-hybridized carbons (Fsp3) is 0.474. The van der Waals surface area contributed by atoms with E-state index in [1.165, 1.54) is 41.7 Å². The average molecular weight is 1520 g/mol. The fourth-order valence-electron chi connectivity index (χ4n) is 12.9. The molecule has 4 aromatic carbocycles. The number of carbonyl (C=O) groups is 12. The molecule has 3 heterocycles. The first-order chi connectivity index (χ1) is 52.5. The Morgan fingerprint density at radius 2 is 0.955 bits per heavy atom. The number of nitrogens with zero attached hydrogens (tertiary/aromatic N) is 2. The maximum absolute atomic E-state index is 15.0. The summed E-state index contributed by atoms with van der Waals surface area (Å²) >= 11 is 0. The van der Waals surface area contributed by atoms with Crippen molar-refractivity contribution in [3.63, 3.8) is 0 Å². The van der Waals surface area contributed by atoms with Gasteiger partial charge >= 0.3 is 5.97 Å². The van der Waals surface area contributed by atoms with Crippen molar-refractivity contribution in [3.05, 3.63) is 156 Å². The molecule has 12 atom stereocenters. The van der Waals surface area contributed by atoms with Crippen LogP contribution in [-0.2, 0) is 89.6 Å². The summed E-state index contributed by atoms with van der Waals surface area (Å²) in [6.45, 7) is 9.07. The number of para-hydroxylation sites is 1. The van der Waals surface area contributed by atoms with Crippen molar-refractivity contribution in [1.29, 1.82) is 0 Å². The van der Waals surface area contributed by atoms with Gasteiger partial charge in [-0.15, -0.1) is 0 Å². The number of amides is 11. The Labute approximate surface area is 638 Å². The minimum atomic E-state index is -1.76. The molecule has 11 amide bonds. The number of phenolic OH excluding ortho intramolecular Hbond substituents is 1. The number of nitrogens with two attached hydrogens (primary N) is 2. The van der Waals surface area contributed by atoms with Crippen LogP contribution in [0.2, 0.25) is 0 Å². The van der Waals surface area contributed by atoms with E-state index in [2.05, 4.69) is 68.1 Å². The summed E-state index contributed by atoms with van der Waals surface area (Å²) in [5, 5.41) is 68.7. The zero-order valence-electron chi connectivity index (χ0n) is 62.8. The lowest BCUT2D eigenvalue weighted by Crippen LogP contribution is -2.62. The minimum Gasteiger partial charge on any atom is -0.508 e. The number of imidazole rings is 1. The Bertz CT molecular complexity index is 4050. The maximum atomic E-state index is 15.0. The molecule has 32 heteroatoms. The van der Waals surface area contributed by atoms with Crippen LogP contribution in [0.5, 0.6) is 5.75 Å². The Balaban J connectivity index is 1.07. The smallest absolute Gasteiger partial charge is 0.326 e. The number of fused-ring (bicyclic) bond motifs is 1. The van der Waals surface area contributed by atoms with E-state index in [0.29, 0.717) is 64.7 Å². The van der Waals surface area contributed by atoms with Crippen LogP contribution in [0.3, 0.4) is 0 Å². The van der Waals surface area contributed by atoms with Crippen LogP contribution in [0.4, 0.5) is 0 Å². The number of benzene rings is 4. The number of carbonyl (C=O) groups excluding carboxylic acids is 11. The van der Waals surface area contributed by atoms with E-state index in [-0.39, 0.29) is 81.9 Å². The number of H-pyrrole nitrogens is 2. The van der Waals surface area contributed by atoms with E-state index >= 15 is 4.79 Å². The SMILES string of the molecule is CC(C)C[C@H](NC(=O)[C@H](Cc1ccccc1)NC(=O)[C@H](CO)NC(=O)[C@@H](N)Cc1cnc[nH]1)C(=O)N[C@@H](CC(C)C)C(=O)N[C@H](C(=O)N1CCC[C@H]1C(=O)N[C@@H](Cc1ccc(O)cc1)C(=O)N[C@@H](Cc1ccccc1)C(=O)N[C@@H](CO)C(=O)N[C@@H](Cc1c[nH]c2ccccc12)C(=O)N[C@@H](CCCCN)C(=O)O)C(C)C. The molecule has 0 aliphatic carbocycles. The number of hydrogen-bond acceptors (Lipinski definition) is 18. The number of rotatable bonds is 43. The molecular weight excluding hydrogens is 1420 g/mol. The van der Waals surface area contributed by atoms with Gasteiger partial charge in [0, 0.05) is 67.6 Å². The second-order valence-electron chi connectivity index (χ2n) is 28.9. The van der Waals surface area contributed by atoms with Gasteiger partial charge in [-0.3, -0.25) is 52.7 Å². The third kappa shape index (κ3) is 26.1. The van der Waals surface area contributed by atoms with Gasteiger partial charge in [-0.05, 0) is 110 Å². The van der Waals surface area contributed by atoms with E-state index in [4.69, 9.17) is 11.5 Å². The number of aromatic hydroxyl groups is 1. The molecule has 1 fully saturated rings. The summed E-state index contributed by atoms with van der Waals surface area (Å²) in [6.07, 6.45) is 5.31. The molecule has 1 aliphatic rings. The third-order valence-electron chi connectivity index (χ3n) is 18.8. The van der Waals surface area contributed by atoms with Crippen molar-refractivity contribution < 1.29 is 78.0 Å². The Morgan fingerprint density at radius 3 is 1.45 bits per heavy atom. The molecule has 594 valence electrons. The van der Waals surface area contributed by atoms with E-state index in [9.17, 15) is 73.2 Å². The van der Waals surface area contributed by atoms with E-state index < -0.39 is 163 Å². The van der Waals surface area contributed by atoms with Crippen LogP contribution in [0.15, 0.2) is 128 Å². The highest BCUT2D eigenvalue weighted by molar-refractivity contribution is 6.00. The summed E-state index contributed by atoms with van der Waals surface area (Å²) < 4.78 is 0. The standard InChI is InChI=1S/C78H106N16O16/c1-44(2)32-57(85-69(100)59(34-47-18-9-7-10-19-47)88-74(105)63(41-95)91-67(98)54(80)38-51-40-81-43-83-51)68(99)86-58(33-45(3)4)73(104)93-66(46(5)6)77(108)94-31-17-25-65(94)76(107)90-61(36-49-26-28-52(97)29-27-49)70(101)87-60(35-48-20-11-8-12-21-48)71(102)92-64(42-96)75(106)89-62(37-50-39-82-55-23-14-13-22-53(50)55)72(103)84-56(78(109)110)24-15-16-30-79/h7-14,18-23,26-29,39-40,43-46,54,56-66,82,95-97H,15-17,24-25,30-38,41-42,79-80H2,1-6H3,(H,81,83)(H,84,103)(H,85,100)(H,86,99)(H,87,101)(H,88,105)(H,89,106)(H,90,107)(H,91,98)(H,92,102)(H,93,104)(H,109,110)/t54-,56-,57-,58-,59-,60-,61-,62-,63-,64-,65-,66-/m0/s1. The number of likely N-dealkylation sites (tertiary alicyclic amines) is 1. The highest BCUT2D eigenvalue weighted by atomic mass is 16.4. The molecule has 1 aliphatic heterocycles. The van der Waals surface area contributed by atoms with Gasteiger partial charge in [0.15, 0.2) is 0 Å². The molecule has 0 spiro atoms. The molecule has 20 N–H and O–H groups in total. The number of aromatic nitrogens is 3. The first-order valence-corrected chi connectivity index (χ1v) is 37.2. The second kappa shape index (κ2) is 42.6. The van der Waals surface area contributed by atoms with Gasteiger partial charge in [-0.25, -0.2) is 9.78 Å². The largest absolute Gasteiger partial charge is 0.508 e. The van der Waals surface area contributed by atoms with Crippen molar-refractivity contribution in [2.24, 2.45) is 29.2 Å². The fourth-order valence-corrected chi connectivity index (χ4v) is 12.9. The summed E-state index contributed by atoms with van der Waals surface area (Å²) in [4.78, 5) is 182. The van der Waals surface area contributed by atoms with Crippen LogP contribution in [0.1, 0.15) is 114 Å². The second-order valence-corrected chi connectivity index (χ2v) is 28.9.